The molecule has 0 atom stereocenters. The molecular formula is C5H14N8OS. The highest BCUT2D eigenvalue weighted by atomic mass is 32.3. The molecule has 9 nitrogen and oxygen atoms in total. The molecule has 0 radical (unpaired) electrons. The molecule has 0 unspecified atom stereocenters. The highest BCUT2D eigenvalue weighted by molar-refractivity contribution is 8.26. The first kappa shape index (κ1) is 11.6. The molecule has 1 aromatic rings. The van der Waals surface area contributed by atoms with Gasteiger partial charge in [0.2, 0.25) is 0 Å². The summed E-state index contributed by atoms with van der Waals surface area (Å²) in [7, 11) is -2.54. The molecule has 0 aliphatic carbocycles. The van der Waals surface area contributed by atoms with Crippen LogP contribution in [0.4, 0.5) is 10.5 Å². The zero-order valence-corrected chi connectivity index (χ0v) is 8.60. The Morgan fingerprint density at radius 3 is 2.67 bits per heavy atom. The molecule has 0 aliphatic rings. The lowest BCUT2D eigenvalue weighted by atomic mass is 10.6. The van der Waals surface area contributed by atoms with Crippen LogP contribution in [0.1, 0.15) is 0 Å². The third-order valence-electron chi connectivity index (χ3n) is 1.25. The number of carbonyl (C=O) groups is 1. The number of anilines is 1. The quantitative estimate of drug-likeness (QED) is 0.295. The summed E-state index contributed by atoms with van der Waals surface area (Å²) in [5.41, 5.74) is 8.08. The fourth-order valence-corrected chi connectivity index (χ4v) is 1.12. The average molecular weight is 234 g/mol. The van der Waals surface area contributed by atoms with Crippen LogP contribution < -0.4 is 36.5 Å². The Labute approximate surface area is 87.9 Å². The first-order valence-electron chi connectivity index (χ1n) is 3.85. The lowest BCUT2D eigenvalue weighted by Crippen LogP contribution is -2.52. The summed E-state index contributed by atoms with van der Waals surface area (Å²) in [6.07, 6.45) is 3.41. The van der Waals surface area contributed by atoms with Gasteiger partial charge in [-0.3, -0.25) is 25.6 Å². The molecule has 10 heteroatoms. The lowest BCUT2D eigenvalue weighted by molar-refractivity contribution is 0.243. The van der Waals surface area contributed by atoms with E-state index in [-0.39, 0.29) is 0 Å². The number of carbonyl (C=O) groups excluding carboxylic acids is 1. The number of nitrogens with two attached hydrogens (primary N) is 3. The summed E-state index contributed by atoms with van der Waals surface area (Å²) < 4.78 is 2.16. The van der Waals surface area contributed by atoms with Crippen LogP contribution in [0.25, 0.3) is 0 Å². The second-order valence-corrected chi connectivity index (χ2v) is 4.40. The van der Waals surface area contributed by atoms with Gasteiger partial charge in [-0.1, -0.05) is 0 Å². The van der Waals surface area contributed by atoms with Crippen molar-refractivity contribution in [2.75, 3.05) is 5.43 Å². The predicted molar refractivity (Wildman–Crippen MR) is 59.4 cm³/mol. The first-order valence-corrected chi connectivity index (χ1v) is 5.68. The zero-order chi connectivity index (χ0) is 11.3. The highest BCUT2D eigenvalue weighted by Gasteiger charge is 2.08. The Kier molecular flexibility index (Phi) is 3.76. The van der Waals surface area contributed by atoms with Crippen molar-refractivity contribution < 1.29 is 4.79 Å². The fourth-order valence-electron chi connectivity index (χ4n) is 0.748. The summed E-state index contributed by atoms with van der Waals surface area (Å²) in [6.45, 7) is 0. The molecule has 11 N–H and O–H groups in total. The molecule has 0 spiro atoms. The smallest absolute Gasteiger partial charge is 0.341 e. The largest absolute Gasteiger partial charge is 0.366 e. The van der Waals surface area contributed by atoms with Crippen molar-refractivity contribution in [3.8, 4) is 0 Å². The number of hydrogen-bond donors (Lipinski definition) is 8. The monoisotopic (exact) mass is 234 g/mol. The van der Waals surface area contributed by atoms with Crippen LogP contribution in [0.5, 0.6) is 0 Å². The van der Waals surface area contributed by atoms with Gasteiger partial charge in [0, 0.05) is 23.2 Å². The fraction of sp³-hybridized carbons (Fsp3) is 0. The molecule has 0 bridgehead atoms. The number of hydrazine groups is 2. The molecule has 1 rings (SSSR count). The lowest BCUT2D eigenvalue weighted by Gasteiger charge is -2.25. The number of amides is 2. The van der Waals surface area contributed by atoms with Gasteiger partial charge in [-0.25, -0.2) is 4.79 Å². The molecule has 0 saturated carbocycles. The van der Waals surface area contributed by atoms with E-state index in [0.717, 1.165) is 5.69 Å². The van der Waals surface area contributed by atoms with Gasteiger partial charge in [0.1, 0.15) is 0 Å². The molecule has 1 aromatic heterocycles. The van der Waals surface area contributed by atoms with E-state index >= 15 is 0 Å². The van der Waals surface area contributed by atoms with E-state index in [1.807, 2.05) is 0 Å². The standard InChI is InChI=1S/C5H14N8OS/c6-15(7,8)12-5(14)11-13-10-4-1-2-9-3-4/h1-3,9-10,13H,6-8H2,(H2,11,12,14). The van der Waals surface area contributed by atoms with E-state index in [1.54, 1.807) is 18.5 Å². The molecule has 0 fully saturated rings. The minimum Gasteiger partial charge on any atom is -0.366 e. The van der Waals surface area contributed by atoms with Gasteiger partial charge >= 0.3 is 6.03 Å². The van der Waals surface area contributed by atoms with E-state index in [2.05, 4.69) is 26.1 Å². The Hall–Kier alpha value is -1.46. The number of aromatic amines is 1. The van der Waals surface area contributed by atoms with Crippen molar-refractivity contribution in [2.24, 2.45) is 15.4 Å². The Morgan fingerprint density at radius 2 is 2.13 bits per heavy atom. The average Bonchev–Trinajstić information content (AvgIpc) is 2.53. The maximum absolute atomic E-state index is 11.0. The molecule has 0 aliphatic heterocycles. The van der Waals surface area contributed by atoms with E-state index in [0.29, 0.717) is 0 Å². The van der Waals surface area contributed by atoms with Crippen molar-refractivity contribution in [3.05, 3.63) is 18.5 Å². The summed E-state index contributed by atoms with van der Waals surface area (Å²) in [4.78, 5) is 13.9. The van der Waals surface area contributed by atoms with E-state index < -0.39 is 16.8 Å². The number of H-pyrrole nitrogens is 1. The Bertz CT molecular complexity index is 305. The maximum Gasteiger partial charge on any atom is 0.341 e. The van der Waals surface area contributed by atoms with Crippen molar-refractivity contribution >= 4 is 22.5 Å². The molecule has 2 amide bonds. The van der Waals surface area contributed by atoms with E-state index in [1.165, 1.54) is 0 Å². The predicted octanol–water partition coefficient (Wildman–Crippen LogP) is -1.51. The maximum atomic E-state index is 11.0. The van der Waals surface area contributed by atoms with Gasteiger partial charge in [0.25, 0.3) is 0 Å². The molecule has 15 heavy (non-hydrogen) atoms. The minimum atomic E-state index is -2.54. The van der Waals surface area contributed by atoms with Crippen molar-refractivity contribution in [1.29, 1.82) is 0 Å². The van der Waals surface area contributed by atoms with Crippen LogP contribution in [0.15, 0.2) is 18.5 Å². The van der Waals surface area contributed by atoms with Crippen LogP contribution in [-0.4, -0.2) is 11.0 Å². The molecular weight excluding hydrogens is 220 g/mol. The van der Waals surface area contributed by atoms with Crippen molar-refractivity contribution in [1.82, 2.24) is 20.7 Å². The minimum absolute atomic E-state index is 0.625. The summed E-state index contributed by atoms with van der Waals surface area (Å²) >= 11 is 0. The third kappa shape index (κ3) is 5.09. The number of rotatable bonds is 4. The van der Waals surface area contributed by atoms with Gasteiger partial charge < -0.3 is 10.4 Å². The molecule has 0 aromatic carbocycles. The molecule has 1 heterocycles. The van der Waals surface area contributed by atoms with Gasteiger partial charge in [0.15, 0.2) is 0 Å². The number of nitrogens with one attached hydrogen (secondary N) is 5. The SMILES string of the molecule is NS(N)(N)NC(=O)NNNc1cc[nH]c1. The Morgan fingerprint density at radius 1 is 1.40 bits per heavy atom. The van der Waals surface area contributed by atoms with Crippen molar-refractivity contribution in [2.45, 2.75) is 0 Å². The van der Waals surface area contributed by atoms with E-state index in [4.69, 9.17) is 15.4 Å². The van der Waals surface area contributed by atoms with Crippen LogP contribution in [0.2, 0.25) is 0 Å². The summed E-state index contributed by atoms with van der Waals surface area (Å²) in [5.74, 6) is 0. The molecule has 0 saturated heterocycles. The number of urea groups is 1. The van der Waals surface area contributed by atoms with Crippen molar-refractivity contribution in [3.63, 3.8) is 0 Å². The topological polar surface area (TPSA) is 159 Å². The van der Waals surface area contributed by atoms with Gasteiger partial charge in [-0.2, -0.15) is 0 Å². The van der Waals surface area contributed by atoms with Gasteiger partial charge in [0.05, 0.1) is 5.69 Å². The number of hydrogen-bond acceptors (Lipinski definition) is 6. The Balaban J connectivity index is 2.18. The first-order chi connectivity index (χ1) is 6.97. The zero-order valence-electron chi connectivity index (χ0n) is 7.78. The molecule has 86 valence electrons. The second kappa shape index (κ2) is 4.86. The van der Waals surface area contributed by atoms with Crippen LogP contribution in [0.3, 0.4) is 0 Å². The highest BCUT2D eigenvalue weighted by Crippen LogP contribution is 2.08. The van der Waals surface area contributed by atoms with E-state index in [9.17, 15) is 4.79 Å². The normalized spacial score (nSPS) is 11.9. The summed E-state index contributed by atoms with van der Waals surface area (Å²) in [5, 5.41) is 15.6. The number of aromatic nitrogens is 1. The van der Waals surface area contributed by atoms with Gasteiger partial charge in [-0.15, -0.1) is 5.53 Å². The summed E-state index contributed by atoms with van der Waals surface area (Å²) in [6, 6.07) is 1.14. The third-order valence-corrected chi connectivity index (χ3v) is 1.79. The van der Waals surface area contributed by atoms with Crippen LogP contribution in [-0.2, 0) is 0 Å². The second-order valence-electron chi connectivity index (χ2n) is 2.67. The van der Waals surface area contributed by atoms with Gasteiger partial charge in [-0.05, 0) is 6.07 Å². The van der Waals surface area contributed by atoms with Crippen LogP contribution in [0, 0.1) is 0 Å². The van der Waals surface area contributed by atoms with Crippen LogP contribution >= 0.6 is 10.8 Å².